The van der Waals surface area contributed by atoms with Crippen molar-refractivity contribution in [3.63, 3.8) is 0 Å². The highest BCUT2D eigenvalue weighted by Gasteiger charge is 2.40. The highest BCUT2D eigenvalue weighted by molar-refractivity contribution is 9.10. The molecule has 0 unspecified atom stereocenters. The molecule has 2 amide bonds. The maximum atomic E-state index is 14.6. The van der Waals surface area contributed by atoms with Gasteiger partial charge in [0.15, 0.2) is 0 Å². The summed E-state index contributed by atoms with van der Waals surface area (Å²) < 4.78 is 56.4. The predicted octanol–water partition coefficient (Wildman–Crippen LogP) is 7.34. The normalized spacial score (nSPS) is 16.0. The standard InChI is InChI=1S/C27H25BrF4N2O/c28-22-10-6-9-19(14-22)26(17-18-7-2-1-3-8-18,34-25(35)33-24-11-4-5-12-24)20-13-21(27(30,31)32)16-23(29)15-20/h1-3,6-10,13-16,24H,4-5,11-12,17H2,(H2,33,34,35)/t26-/m1/s1. The summed E-state index contributed by atoms with van der Waals surface area (Å²) in [6.07, 6.45) is -0.945. The molecule has 0 spiro atoms. The fourth-order valence-electron chi connectivity index (χ4n) is 4.70. The summed E-state index contributed by atoms with van der Waals surface area (Å²) in [6.45, 7) is 0. The number of carbonyl (C=O) groups is 1. The lowest BCUT2D eigenvalue weighted by molar-refractivity contribution is -0.137. The lowest BCUT2D eigenvalue weighted by atomic mass is 9.77. The van der Waals surface area contributed by atoms with Gasteiger partial charge < -0.3 is 10.6 Å². The van der Waals surface area contributed by atoms with Gasteiger partial charge in [0, 0.05) is 16.9 Å². The molecule has 0 heterocycles. The fraction of sp³-hybridized carbons (Fsp3) is 0.296. The number of benzene rings is 3. The maximum Gasteiger partial charge on any atom is 0.416 e. The first kappa shape index (κ1) is 25.2. The number of halogens is 5. The Labute approximate surface area is 210 Å². The Morgan fingerprint density at radius 1 is 0.886 bits per heavy atom. The highest BCUT2D eigenvalue weighted by Crippen LogP contribution is 2.39. The van der Waals surface area contributed by atoms with E-state index in [-0.39, 0.29) is 18.0 Å². The maximum absolute atomic E-state index is 14.6. The minimum absolute atomic E-state index is 0.00773. The van der Waals surface area contributed by atoms with Gasteiger partial charge in [-0.25, -0.2) is 9.18 Å². The van der Waals surface area contributed by atoms with Crippen LogP contribution in [0.1, 0.15) is 47.9 Å². The molecule has 0 radical (unpaired) electrons. The van der Waals surface area contributed by atoms with Crippen LogP contribution in [0.5, 0.6) is 0 Å². The zero-order valence-corrected chi connectivity index (χ0v) is 20.4. The van der Waals surface area contributed by atoms with Gasteiger partial charge in [-0.2, -0.15) is 13.2 Å². The van der Waals surface area contributed by atoms with E-state index in [1.165, 1.54) is 0 Å². The molecule has 1 aliphatic rings. The summed E-state index contributed by atoms with van der Waals surface area (Å²) in [4.78, 5) is 13.3. The largest absolute Gasteiger partial charge is 0.416 e. The van der Waals surface area contributed by atoms with Gasteiger partial charge in [0.05, 0.1) is 11.1 Å². The van der Waals surface area contributed by atoms with E-state index >= 15 is 0 Å². The molecule has 0 saturated heterocycles. The van der Waals surface area contributed by atoms with E-state index in [1.807, 2.05) is 30.3 Å². The quantitative estimate of drug-likeness (QED) is 0.311. The van der Waals surface area contributed by atoms with Crippen molar-refractivity contribution in [2.24, 2.45) is 0 Å². The molecule has 1 fully saturated rings. The van der Waals surface area contributed by atoms with Gasteiger partial charge in [-0.15, -0.1) is 0 Å². The molecule has 1 saturated carbocycles. The molecule has 0 aliphatic heterocycles. The van der Waals surface area contributed by atoms with Crippen LogP contribution in [-0.2, 0) is 18.1 Å². The van der Waals surface area contributed by atoms with Crippen LogP contribution in [0.2, 0.25) is 0 Å². The Hall–Kier alpha value is -2.87. The lowest BCUT2D eigenvalue weighted by Crippen LogP contribution is -2.53. The molecule has 184 valence electrons. The summed E-state index contributed by atoms with van der Waals surface area (Å²) in [5.41, 5.74) is -1.29. The minimum atomic E-state index is -4.75. The fourth-order valence-corrected chi connectivity index (χ4v) is 5.10. The Morgan fingerprint density at radius 2 is 1.57 bits per heavy atom. The van der Waals surface area contributed by atoms with Crippen molar-refractivity contribution in [3.8, 4) is 0 Å². The van der Waals surface area contributed by atoms with Crippen molar-refractivity contribution >= 4 is 22.0 Å². The topological polar surface area (TPSA) is 41.1 Å². The van der Waals surface area contributed by atoms with E-state index in [9.17, 15) is 22.4 Å². The summed E-state index contributed by atoms with van der Waals surface area (Å²) in [5, 5.41) is 5.92. The molecular formula is C27H25BrF4N2O. The molecule has 0 aromatic heterocycles. The first-order chi connectivity index (χ1) is 16.7. The van der Waals surface area contributed by atoms with Crippen LogP contribution in [-0.4, -0.2) is 12.1 Å². The van der Waals surface area contributed by atoms with Crippen molar-refractivity contribution < 1.29 is 22.4 Å². The smallest absolute Gasteiger partial charge is 0.335 e. The van der Waals surface area contributed by atoms with Gasteiger partial charge in [-0.3, -0.25) is 0 Å². The van der Waals surface area contributed by atoms with Crippen molar-refractivity contribution in [2.45, 2.75) is 49.9 Å². The van der Waals surface area contributed by atoms with E-state index < -0.39 is 29.1 Å². The van der Waals surface area contributed by atoms with Gasteiger partial charge in [-0.1, -0.05) is 71.2 Å². The number of nitrogens with one attached hydrogen (secondary N) is 2. The van der Waals surface area contributed by atoms with Crippen molar-refractivity contribution in [1.82, 2.24) is 10.6 Å². The Kier molecular flexibility index (Phi) is 7.50. The third-order valence-electron chi connectivity index (χ3n) is 6.36. The Bertz CT molecular complexity index is 1180. The predicted molar refractivity (Wildman–Crippen MR) is 130 cm³/mol. The number of urea groups is 1. The average Bonchev–Trinajstić information content (AvgIpc) is 3.31. The van der Waals surface area contributed by atoms with E-state index in [4.69, 9.17) is 0 Å². The third kappa shape index (κ3) is 6.04. The first-order valence-electron chi connectivity index (χ1n) is 11.4. The number of amides is 2. The van der Waals surface area contributed by atoms with E-state index in [2.05, 4.69) is 26.6 Å². The first-order valence-corrected chi connectivity index (χ1v) is 12.2. The van der Waals surface area contributed by atoms with Crippen molar-refractivity contribution in [3.05, 3.63) is 105 Å². The zero-order valence-electron chi connectivity index (χ0n) is 18.8. The van der Waals surface area contributed by atoms with Gasteiger partial charge in [0.25, 0.3) is 0 Å². The zero-order chi connectivity index (χ0) is 25.1. The Balaban J connectivity index is 1.90. The molecule has 4 rings (SSSR count). The van der Waals surface area contributed by atoms with Crippen LogP contribution in [0.25, 0.3) is 0 Å². The number of hydrogen-bond donors (Lipinski definition) is 2. The molecule has 1 atom stereocenters. The van der Waals surface area contributed by atoms with Crippen LogP contribution >= 0.6 is 15.9 Å². The average molecular weight is 549 g/mol. The van der Waals surface area contributed by atoms with Gasteiger partial charge >= 0.3 is 12.2 Å². The van der Waals surface area contributed by atoms with Crippen LogP contribution in [0, 0.1) is 5.82 Å². The SMILES string of the molecule is O=C(NC1CCCC1)N[C@](Cc1ccccc1)(c1cccc(Br)c1)c1cc(F)cc(C(F)(F)F)c1. The molecule has 1 aliphatic carbocycles. The lowest BCUT2D eigenvalue weighted by Gasteiger charge is -2.37. The van der Waals surface area contributed by atoms with Crippen LogP contribution < -0.4 is 10.6 Å². The van der Waals surface area contributed by atoms with Crippen LogP contribution in [0.3, 0.4) is 0 Å². The number of hydrogen-bond acceptors (Lipinski definition) is 1. The van der Waals surface area contributed by atoms with Gasteiger partial charge in [-0.05, 0) is 59.9 Å². The van der Waals surface area contributed by atoms with Gasteiger partial charge in [0.2, 0.25) is 0 Å². The third-order valence-corrected chi connectivity index (χ3v) is 6.86. The monoisotopic (exact) mass is 548 g/mol. The molecule has 8 heteroatoms. The van der Waals surface area contributed by atoms with Gasteiger partial charge in [0.1, 0.15) is 5.82 Å². The molecule has 0 bridgehead atoms. The summed E-state index contributed by atoms with van der Waals surface area (Å²) in [6, 6.07) is 18.0. The Morgan fingerprint density at radius 3 is 2.23 bits per heavy atom. The number of rotatable bonds is 6. The number of alkyl halides is 3. The van der Waals surface area contributed by atoms with Crippen LogP contribution in [0.4, 0.5) is 22.4 Å². The second kappa shape index (κ2) is 10.4. The summed E-state index contributed by atoms with van der Waals surface area (Å²) in [7, 11) is 0. The van der Waals surface area contributed by atoms with E-state index in [0.717, 1.165) is 43.4 Å². The highest BCUT2D eigenvalue weighted by atomic mass is 79.9. The van der Waals surface area contributed by atoms with E-state index in [1.54, 1.807) is 24.3 Å². The summed E-state index contributed by atoms with van der Waals surface area (Å²) in [5.74, 6) is -1.03. The van der Waals surface area contributed by atoms with Crippen molar-refractivity contribution in [2.75, 3.05) is 0 Å². The second-order valence-corrected chi connectivity index (χ2v) is 9.80. The van der Waals surface area contributed by atoms with E-state index in [0.29, 0.717) is 16.1 Å². The second-order valence-electron chi connectivity index (χ2n) is 8.88. The molecule has 35 heavy (non-hydrogen) atoms. The molecular weight excluding hydrogens is 524 g/mol. The van der Waals surface area contributed by atoms with Crippen LogP contribution in [0.15, 0.2) is 77.3 Å². The molecule has 3 aromatic rings. The minimum Gasteiger partial charge on any atom is -0.335 e. The molecule has 3 aromatic carbocycles. The number of carbonyl (C=O) groups excluding carboxylic acids is 1. The molecule has 3 nitrogen and oxygen atoms in total. The van der Waals surface area contributed by atoms with Crippen molar-refractivity contribution in [1.29, 1.82) is 0 Å². The summed E-state index contributed by atoms with van der Waals surface area (Å²) >= 11 is 3.43. The molecule has 2 N–H and O–H groups in total.